The Kier molecular flexibility index (Phi) is 5.70. The van der Waals surface area contributed by atoms with Crippen molar-refractivity contribution in [3.63, 3.8) is 0 Å². The molecule has 2 aromatic carbocycles. The minimum atomic E-state index is -2.24. The van der Waals surface area contributed by atoms with E-state index in [1.165, 1.54) is 24.1 Å². The highest BCUT2D eigenvalue weighted by atomic mass is 16.5. The fourth-order valence-corrected chi connectivity index (χ4v) is 5.72. The summed E-state index contributed by atoms with van der Waals surface area (Å²) >= 11 is 0. The lowest BCUT2D eigenvalue weighted by Gasteiger charge is -2.38. The summed E-state index contributed by atoms with van der Waals surface area (Å²) in [6.07, 6.45) is 0.414. The Bertz CT molecular complexity index is 1450. The number of methoxy groups -OCH3 is 2. The van der Waals surface area contributed by atoms with Crippen LogP contribution in [0.15, 0.2) is 71.1 Å². The number of Topliss-reactive ketones (excluding diaryl/α,β-unsaturated/α-hetero) is 1. The van der Waals surface area contributed by atoms with Gasteiger partial charge in [0.05, 0.1) is 19.8 Å². The molecule has 9 nitrogen and oxygen atoms in total. The van der Waals surface area contributed by atoms with Crippen molar-refractivity contribution in [3.8, 4) is 5.75 Å². The van der Waals surface area contributed by atoms with E-state index in [-0.39, 0.29) is 23.5 Å². The number of hydrogen-bond acceptors (Lipinski definition) is 7. The third-order valence-electron chi connectivity index (χ3n) is 7.35. The Morgan fingerprint density at radius 2 is 1.53 bits per heavy atom. The predicted octanol–water partition coefficient (Wildman–Crippen LogP) is 3.76. The van der Waals surface area contributed by atoms with Crippen LogP contribution in [-0.4, -0.2) is 48.4 Å². The van der Waals surface area contributed by atoms with Crippen molar-refractivity contribution in [3.05, 3.63) is 76.7 Å². The number of ether oxygens (including phenoxy) is 2. The number of allylic oxidation sites excluding steroid dienone is 1. The van der Waals surface area contributed by atoms with Crippen LogP contribution in [0.3, 0.4) is 0 Å². The van der Waals surface area contributed by atoms with Crippen molar-refractivity contribution in [1.29, 1.82) is 0 Å². The number of ketones is 1. The molecule has 0 fully saturated rings. The van der Waals surface area contributed by atoms with Crippen LogP contribution in [0.25, 0.3) is 0 Å². The number of aliphatic hydroxyl groups excluding tert-OH is 1. The fraction of sp³-hybridized carbons (Fsp3) is 0.310. The zero-order valence-corrected chi connectivity index (χ0v) is 21.8. The standard InChI is InChI=1S/C29H28N2O7/c1-16-6-8-17(9-7-16)30-20-14-28(2,3)15-21(32)22(20)29(27(30)36)23(26(35)38-5)24(33)25(34)31(29)18-10-12-19(37-4)13-11-18/h6-13,33H,14-15H2,1-5H3. The minimum Gasteiger partial charge on any atom is -0.503 e. The SMILES string of the molecule is COC(=O)C1=C(O)C(=O)N(c2ccc(OC)cc2)C12C(=O)N(c1ccc(C)cc1)C1=C2C(=O)CC(C)(C)C1. The molecule has 0 saturated carbocycles. The van der Waals surface area contributed by atoms with Gasteiger partial charge >= 0.3 is 5.97 Å². The molecule has 1 unspecified atom stereocenters. The Labute approximate surface area is 219 Å². The van der Waals surface area contributed by atoms with Crippen molar-refractivity contribution in [2.75, 3.05) is 24.0 Å². The molecular weight excluding hydrogens is 488 g/mol. The second-order valence-corrected chi connectivity index (χ2v) is 10.5. The summed E-state index contributed by atoms with van der Waals surface area (Å²) in [5.74, 6) is -3.60. The van der Waals surface area contributed by atoms with Crippen LogP contribution < -0.4 is 14.5 Å². The van der Waals surface area contributed by atoms with Crippen molar-refractivity contribution in [2.24, 2.45) is 5.41 Å². The monoisotopic (exact) mass is 516 g/mol. The quantitative estimate of drug-likeness (QED) is 0.616. The van der Waals surface area contributed by atoms with Crippen molar-refractivity contribution < 1.29 is 33.8 Å². The molecule has 5 rings (SSSR count). The number of amides is 2. The first kappa shape index (κ1) is 25.3. The smallest absolute Gasteiger partial charge is 0.341 e. The van der Waals surface area contributed by atoms with E-state index < -0.39 is 40.1 Å². The van der Waals surface area contributed by atoms with E-state index >= 15 is 0 Å². The summed E-state index contributed by atoms with van der Waals surface area (Å²) in [5, 5.41) is 11.1. The van der Waals surface area contributed by atoms with Crippen molar-refractivity contribution in [2.45, 2.75) is 39.2 Å². The maximum absolute atomic E-state index is 14.7. The van der Waals surface area contributed by atoms with Crippen LogP contribution in [0, 0.1) is 12.3 Å². The van der Waals surface area contributed by atoms with Crippen molar-refractivity contribution in [1.82, 2.24) is 0 Å². The number of esters is 1. The van der Waals surface area contributed by atoms with Gasteiger partial charge in [-0.2, -0.15) is 0 Å². The topological polar surface area (TPSA) is 113 Å². The summed E-state index contributed by atoms with van der Waals surface area (Å²) < 4.78 is 10.2. The van der Waals surface area contributed by atoms with Gasteiger partial charge in [-0.05, 0) is 55.2 Å². The molecular formula is C29H28N2O7. The lowest BCUT2D eigenvalue weighted by atomic mass is 9.70. The van der Waals surface area contributed by atoms with Crippen LogP contribution in [0.5, 0.6) is 5.75 Å². The van der Waals surface area contributed by atoms with Crippen LogP contribution in [0.1, 0.15) is 32.3 Å². The molecule has 2 heterocycles. The summed E-state index contributed by atoms with van der Waals surface area (Å²) in [6, 6.07) is 13.4. The summed E-state index contributed by atoms with van der Waals surface area (Å²) in [6.45, 7) is 5.76. The summed E-state index contributed by atoms with van der Waals surface area (Å²) in [4.78, 5) is 58.0. The number of fused-ring (bicyclic) bond motifs is 1. The number of hydrogen-bond donors (Lipinski definition) is 1. The first-order valence-electron chi connectivity index (χ1n) is 12.2. The second-order valence-electron chi connectivity index (χ2n) is 10.5. The molecule has 2 aliphatic heterocycles. The van der Waals surface area contributed by atoms with E-state index in [0.717, 1.165) is 17.6 Å². The number of carbonyl (C=O) groups is 4. The van der Waals surface area contributed by atoms with Crippen LogP contribution >= 0.6 is 0 Å². The van der Waals surface area contributed by atoms with Gasteiger partial charge in [0.2, 0.25) is 0 Å². The van der Waals surface area contributed by atoms with E-state index in [1.807, 2.05) is 32.9 Å². The largest absolute Gasteiger partial charge is 0.503 e. The van der Waals surface area contributed by atoms with Crippen LogP contribution in [-0.2, 0) is 23.9 Å². The maximum Gasteiger partial charge on any atom is 0.341 e. The Morgan fingerprint density at radius 1 is 0.921 bits per heavy atom. The number of aliphatic hydroxyl groups is 1. The van der Waals surface area contributed by atoms with Gasteiger partial charge < -0.3 is 14.6 Å². The lowest BCUT2D eigenvalue weighted by molar-refractivity contribution is -0.138. The first-order valence-corrected chi connectivity index (χ1v) is 12.2. The van der Waals surface area contributed by atoms with E-state index in [2.05, 4.69) is 0 Å². The van der Waals surface area contributed by atoms with E-state index in [0.29, 0.717) is 23.6 Å². The highest BCUT2D eigenvalue weighted by molar-refractivity contribution is 6.33. The average Bonchev–Trinajstić information content (AvgIpc) is 3.25. The van der Waals surface area contributed by atoms with Gasteiger partial charge in [0.15, 0.2) is 17.1 Å². The molecule has 38 heavy (non-hydrogen) atoms. The third kappa shape index (κ3) is 3.38. The molecule has 1 atom stereocenters. The molecule has 0 radical (unpaired) electrons. The highest BCUT2D eigenvalue weighted by Crippen LogP contribution is 2.56. The fourth-order valence-electron chi connectivity index (χ4n) is 5.72. The molecule has 1 spiro atoms. The third-order valence-corrected chi connectivity index (χ3v) is 7.35. The number of aryl methyl sites for hydroxylation is 1. The van der Waals surface area contributed by atoms with Gasteiger partial charge in [0.25, 0.3) is 11.8 Å². The van der Waals surface area contributed by atoms with Crippen LogP contribution in [0.4, 0.5) is 11.4 Å². The average molecular weight is 517 g/mol. The molecule has 2 amide bonds. The van der Waals surface area contributed by atoms with Gasteiger partial charge in [-0.1, -0.05) is 31.5 Å². The van der Waals surface area contributed by atoms with Gasteiger partial charge in [0.1, 0.15) is 11.3 Å². The second kappa shape index (κ2) is 8.58. The number of rotatable bonds is 4. The molecule has 0 bridgehead atoms. The number of nitrogens with zero attached hydrogens (tertiary/aromatic N) is 2. The molecule has 196 valence electrons. The van der Waals surface area contributed by atoms with E-state index in [9.17, 15) is 24.3 Å². The van der Waals surface area contributed by atoms with Gasteiger partial charge in [-0.3, -0.25) is 24.2 Å². The number of carbonyl (C=O) groups excluding carboxylic acids is 4. The predicted molar refractivity (Wildman–Crippen MR) is 139 cm³/mol. The number of benzene rings is 2. The molecule has 2 aromatic rings. The zero-order chi connectivity index (χ0) is 27.6. The van der Waals surface area contributed by atoms with Crippen molar-refractivity contribution >= 4 is 34.9 Å². The first-order chi connectivity index (χ1) is 18.0. The zero-order valence-electron chi connectivity index (χ0n) is 21.8. The Hall–Kier alpha value is -4.40. The number of anilines is 2. The Morgan fingerprint density at radius 3 is 2.11 bits per heavy atom. The maximum atomic E-state index is 14.7. The Balaban J connectivity index is 1.86. The molecule has 1 aliphatic carbocycles. The molecule has 0 aromatic heterocycles. The van der Waals surface area contributed by atoms with Crippen LogP contribution in [0.2, 0.25) is 0 Å². The molecule has 9 heteroatoms. The summed E-state index contributed by atoms with van der Waals surface area (Å²) in [7, 11) is 2.58. The van der Waals surface area contributed by atoms with Gasteiger partial charge in [0, 0.05) is 23.5 Å². The van der Waals surface area contributed by atoms with E-state index in [4.69, 9.17) is 9.47 Å². The normalized spacial score (nSPS) is 22.5. The summed E-state index contributed by atoms with van der Waals surface area (Å²) in [5.41, 5.74) is -1.27. The minimum absolute atomic E-state index is 0.00369. The van der Waals surface area contributed by atoms with Gasteiger partial charge in [-0.25, -0.2) is 4.79 Å². The highest BCUT2D eigenvalue weighted by Gasteiger charge is 2.70. The molecule has 1 N–H and O–H groups in total. The van der Waals surface area contributed by atoms with E-state index in [1.54, 1.807) is 24.3 Å². The molecule has 3 aliphatic rings. The lowest BCUT2D eigenvalue weighted by Crippen LogP contribution is -2.59. The van der Waals surface area contributed by atoms with Gasteiger partial charge in [-0.15, -0.1) is 0 Å². The molecule has 0 saturated heterocycles.